The zero-order valence-corrected chi connectivity index (χ0v) is 24.2. The molecule has 5 amide bonds. The van der Waals surface area contributed by atoms with E-state index < -0.39 is 64.8 Å². The molecule has 2 rings (SSSR count). The lowest BCUT2D eigenvalue weighted by Gasteiger charge is -2.31. The molecule has 0 radical (unpaired) electrons. The Kier molecular flexibility index (Phi) is 11.3. The summed E-state index contributed by atoms with van der Waals surface area (Å²) in [5, 5.41) is 10.4. The second-order valence-electron chi connectivity index (χ2n) is 11.2. The highest BCUT2D eigenvalue weighted by atomic mass is 16.2. The molecular formula is C30H39N5O6. The smallest absolute Gasteiger partial charge is 0.289 e. The van der Waals surface area contributed by atoms with Crippen molar-refractivity contribution in [2.45, 2.75) is 66.2 Å². The summed E-state index contributed by atoms with van der Waals surface area (Å²) in [7, 11) is 0. The predicted octanol–water partition coefficient (Wildman–Crippen LogP) is 1.46. The van der Waals surface area contributed by atoms with Crippen LogP contribution >= 0.6 is 0 Å². The summed E-state index contributed by atoms with van der Waals surface area (Å²) in [6, 6.07) is 11.5. The summed E-state index contributed by atoms with van der Waals surface area (Å²) in [4.78, 5) is 75.5. The third kappa shape index (κ3) is 9.55. The van der Waals surface area contributed by atoms with E-state index in [-0.39, 0.29) is 6.54 Å². The highest BCUT2D eigenvalue weighted by molar-refractivity contribution is 6.38. The first-order valence-corrected chi connectivity index (χ1v) is 13.3. The van der Waals surface area contributed by atoms with Crippen molar-refractivity contribution in [1.82, 2.24) is 21.3 Å². The lowest BCUT2D eigenvalue weighted by Crippen LogP contribution is -2.59. The quantitative estimate of drug-likeness (QED) is 0.243. The van der Waals surface area contributed by atoms with Crippen molar-refractivity contribution in [2.75, 3.05) is 0 Å². The topological polar surface area (TPSA) is 177 Å². The molecule has 0 aliphatic rings. The van der Waals surface area contributed by atoms with Gasteiger partial charge < -0.3 is 27.0 Å². The van der Waals surface area contributed by atoms with Crippen LogP contribution in [0.4, 0.5) is 0 Å². The predicted molar refractivity (Wildman–Crippen MR) is 153 cm³/mol. The number of hydrogen-bond acceptors (Lipinski definition) is 6. The Bertz CT molecular complexity index is 1270. The van der Waals surface area contributed by atoms with Gasteiger partial charge >= 0.3 is 0 Å². The maximum atomic E-state index is 13.1. The summed E-state index contributed by atoms with van der Waals surface area (Å²) in [5.41, 5.74) is 5.89. The van der Waals surface area contributed by atoms with Gasteiger partial charge in [0, 0.05) is 17.7 Å². The molecule has 41 heavy (non-hydrogen) atoms. The molecule has 0 aliphatic carbocycles. The fraction of sp³-hybridized carbons (Fsp3) is 0.400. The van der Waals surface area contributed by atoms with Gasteiger partial charge in [-0.25, -0.2) is 0 Å². The Morgan fingerprint density at radius 1 is 0.756 bits per heavy atom. The Morgan fingerprint density at radius 3 is 1.85 bits per heavy atom. The molecule has 2 aromatic rings. The SMILES string of the molecule is CC(NC(=O)C(NC(=O)c1ccccc1)C(C)(C)C)C(=O)NC(C(=O)C(=O)NCc1ccc(C(N)=O)cc1)C(C)C. The molecule has 220 valence electrons. The maximum absolute atomic E-state index is 13.1. The van der Waals surface area contributed by atoms with Gasteiger partial charge in [0.05, 0.1) is 6.04 Å². The number of hydrogen-bond donors (Lipinski definition) is 5. The summed E-state index contributed by atoms with van der Waals surface area (Å²) in [6.45, 7) is 10.2. The molecule has 11 heteroatoms. The van der Waals surface area contributed by atoms with Crippen LogP contribution in [0.15, 0.2) is 54.6 Å². The fourth-order valence-electron chi connectivity index (χ4n) is 3.85. The van der Waals surface area contributed by atoms with Crippen LogP contribution in [-0.4, -0.2) is 53.4 Å². The van der Waals surface area contributed by atoms with Crippen LogP contribution in [0.3, 0.4) is 0 Å². The van der Waals surface area contributed by atoms with Gasteiger partial charge in [0.2, 0.25) is 23.5 Å². The summed E-state index contributed by atoms with van der Waals surface area (Å²) in [6.07, 6.45) is 0. The average molecular weight is 566 g/mol. The Hall–Kier alpha value is -4.54. The van der Waals surface area contributed by atoms with E-state index in [0.29, 0.717) is 16.7 Å². The van der Waals surface area contributed by atoms with E-state index in [1.807, 2.05) is 0 Å². The van der Waals surface area contributed by atoms with E-state index in [1.54, 1.807) is 77.1 Å². The van der Waals surface area contributed by atoms with E-state index in [1.165, 1.54) is 19.1 Å². The first-order chi connectivity index (χ1) is 19.1. The minimum Gasteiger partial charge on any atom is -0.366 e. The van der Waals surface area contributed by atoms with E-state index >= 15 is 0 Å². The van der Waals surface area contributed by atoms with Gasteiger partial charge in [0.1, 0.15) is 12.1 Å². The van der Waals surface area contributed by atoms with Crippen molar-refractivity contribution in [3.63, 3.8) is 0 Å². The third-order valence-electron chi connectivity index (χ3n) is 6.35. The van der Waals surface area contributed by atoms with Crippen LogP contribution in [0.1, 0.15) is 67.8 Å². The Labute approximate surface area is 240 Å². The minimum absolute atomic E-state index is 0.0255. The highest BCUT2D eigenvalue weighted by Crippen LogP contribution is 2.20. The number of carbonyl (C=O) groups is 6. The van der Waals surface area contributed by atoms with E-state index in [4.69, 9.17) is 5.73 Å². The monoisotopic (exact) mass is 565 g/mol. The second-order valence-corrected chi connectivity index (χ2v) is 11.2. The van der Waals surface area contributed by atoms with E-state index in [9.17, 15) is 28.8 Å². The first kappa shape index (κ1) is 32.7. The molecule has 11 nitrogen and oxygen atoms in total. The number of amides is 5. The van der Waals surface area contributed by atoms with Crippen LogP contribution in [0, 0.1) is 11.3 Å². The lowest BCUT2D eigenvalue weighted by atomic mass is 9.85. The van der Waals surface area contributed by atoms with Gasteiger partial charge in [-0.3, -0.25) is 28.8 Å². The maximum Gasteiger partial charge on any atom is 0.289 e. The van der Waals surface area contributed by atoms with Crippen LogP contribution in [-0.2, 0) is 25.7 Å². The van der Waals surface area contributed by atoms with Crippen molar-refractivity contribution in [1.29, 1.82) is 0 Å². The van der Waals surface area contributed by atoms with Crippen molar-refractivity contribution in [3.05, 3.63) is 71.3 Å². The molecular weight excluding hydrogens is 526 g/mol. The summed E-state index contributed by atoms with van der Waals surface area (Å²) >= 11 is 0. The molecule has 0 heterocycles. The Balaban J connectivity index is 2.02. The Morgan fingerprint density at radius 2 is 1.34 bits per heavy atom. The van der Waals surface area contributed by atoms with Gasteiger partial charge in [-0.05, 0) is 48.1 Å². The van der Waals surface area contributed by atoms with Crippen molar-refractivity contribution >= 4 is 35.3 Å². The molecule has 6 N–H and O–H groups in total. The number of carbonyl (C=O) groups excluding carboxylic acids is 6. The van der Waals surface area contributed by atoms with E-state index in [2.05, 4.69) is 21.3 Å². The van der Waals surface area contributed by atoms with Gasteiger partial charge in [0.15, 0.2) is 0 Å². The molecule has 0 spiro atoms. The van der Waals surface area contributed by atoms with Gasteiger partial charge in [0.25, 0.3) is 11.8 Å². The largest absolute Gasteiger partial charge is 0.366 e. The first-order valence-electron chi connectivity index (χ1n) is 13.3. The number of rotatable bonds is 12. The average Bonchev–Trinajstić information content (AvgIpc) is 2.92. The zero-order valence-electron chi connectivity index (χ0n) is 24.2. The molecule has 0 saturated carbocycles. The standard InChI is InChI=1S/C30H39N5O6/c1-17(2)22(23(36)28(40)32-16-19-12-14-20(15-13-19)25(31)37)34-26(38)18(3)33-29(41)24(30(4,5)6)35-27(39)21-10-8-7-9-11-21/h7-15,17-18,22,24H,16H2,1-6H3,(H2,31,37)(H,32,40)(H,33,41)(H,34,38)(H,35,39). The van der Waals surface area contributed by atoms with Crippen molar-refractivity contribution in [3.8, 4) is 0 Å². The normalized spacial score (nSPS) is 13.3. The van der Waals surface area contributed by atoms with Crippen molar-refractivity contribution in [2.24, 2.45) is 17.1 Å². The summed E-state index contributed by atoms with van der Waals surface area (Å²) < 4.78 is 0. The van der Waals surface area contributed by atoms with Gasteiger partial charge in [-0.1, -0.05) is 65.0 Å². The third-order valence-corrected chi connectivity index (χ3v) is 6.35. The molecule has 0 fully saturated rings. The zero-order chi connectivity index (χ0) is 30.9. The highest BCUT2D eigenvalue weighted by Gasteiger charge is 2.35. The molecule has 0 aromatic heterocycles. The van der Waals surface area contributed by atoms with E-state index in [0.717, 1.165) is 0 Å². The van der Waals surface area contributed by atoms with Crippen LogP contribution in [0.2, 0.25) is 0 Å². The number of ketones is 1. The molecule has 3 atom stereocenters. The minimum atomic E-state index is -1.14. The fourth-order valence-corrected chi connectivity index (χ4v) is 3.85. The molecule has 0 aliphatic heterocycles. The second kappa shape index (κ2) is 14.2. The van der Waals surface area contributed by atoms with Crippen LogP contribution in [0.5, 0.6) is 0 Å². The number of nitrogens with one attached hydrogen (secondary N) is 4. The molecule has 3 unspecified atom stereocenters. The van der Waals surface area contributed by atoms with Gasteiger partial charge in [-0.15, -0.1) is 0 Å². The summed E-state index contributed by atoms with van der Waals surface area (Å²) in [5.74, 6) is -4.42. The number of nitrogens with two attached hydrogens (primary N) is 1. The number of benzene rings is 2. The van der Waals surface area contributed by atoms with Crippen molar-refractivity contribution < 1.29 is 28.8 Å². The number of Topliss-reactive ketones (excluding diaryl/α,β-unsaturated/α-hetero) is 1. The molecule has 0 saturated heterocycles. The molecule has 0 bridgehead atoms. The van der Waals surface area contributed by atoms with Gasteiger partial charge in [-0.2, -0.15) is 0 Å². The number of primary amides is 1. The van der Waals surface area contributed by atoms with Crippen LogP contribution < -0.4 is 27.0 Å². The van der Waals surface area contributed by atoms with Crippen LogP contribution in [0.25, 0.3) is 0 Å². The lowest BCUT2D eigenvalue weighted by molar-refractivity contribution is -0.141. The molecule has 2 aromatic carbocycles.